The maximum absolute atomic E-state index is 12.3. The molecule has 7 nitrogen and oxygen atoms in total. The molecule has 0 saturated carbocycles. The largest absolute Gasteiger partial charge is 0.393 e. The molecule has 1 aliphatic rings. The zero-order valence-corrected chi connectivity index (χ0v) is 10.4. The predicted molar refractivity (Wildman–Crippen MR) is 68.8 cm³/mol. The lowest BCUT2D eigenvalue weighted by Crippen LogP contribution is -2.33. The monoisotopic (exact) mass is 265 g/mol. The summed E-state index contributed by atoms with van der Waals surface area (Å²) < 4.78 is 5.27. The molecule has 0 radical (unpaired) electrons. The van der Waals surface area contributed by atoms with E-state index in [1.54, 1.807) is 4.90 Å². The summed E-state index contributed by atoms with van der Waals surface area (Å²) in [7, 11) is 0. The van der Waals surface area contributed by atoms with Gasteiger partial charge in [-0.05, 0) is 12.5 Å². The van der Waals surface area contributed by atoms with E-state index in [4.69, 9.17) is 10.5 Å². The van der Waals surface area contributed by atoms with E-state index in [9.17, 15) is 14.9 Å². The molecule has 102 valence electrons. The quantitative estimate of drug-likeness (QED) is 0.489. The first-order chi connectivity index (χ1) is 9.11. The third-order valence-corrected chi connectivity index (χ3v) is 3.02. The number of rotatable bonds is 2. The van der Waals surface area contributed by atoms with Gasteiger partial charge in [-0.1, -0.05) is 6.07 Å². The van der Waals surface area contributed by atoms with Gasteiger partial charge in [0.2, 0.25) is 0 Å². The van der Waals surface area contributed by atoms with Crippen molar-refractivity contribution in [2.24, 2.45) is 0 Å². The molecule has 0 unspecified atom stereocenters. The summed E-state index contributed by atoms with van der Waals surface area (Å²) in [5.74, 6) is -0.285. The van der Waals surface area contributed by atoms with Gasteiger partial charge < -0.3 is 15.4 Å². The van der Waals surface area contributed by atoms with Crippen molar-refractivity contribution in [3.8, 4) is 0 Å². The number of hydrogen-bond donors (Lipinski definition) is 1. The second-order valence-corrected chi connectivity index (χ2v) is 4.25. The molecule has 1 amide bonds. The average Bonchev–Trinajstić information content (AvgIpc) is 2.66. The van der Waals surface area contributed by atoms with E-state index in [1.165, 1.54) is 18.2 Å². The molecule has 1 fully saturated rings. The normalized spacial score (nSPS) is 15.9. The highest BCUT2D eigenvalue weighted by molar-refractivity contribution is 6.01. The van der Waals surface area contributed by atoms with E-state index in [1.807, 2.05) is 0 Å². The number of para-hydroxylation sites is 1. The second kappa shape index (κ2) is 5.66. The SMILES string of the molecule is Nc1c(C(=O)N2CCCOCC2)cccc1[N+](=O)[O-]. The highest BCUT2D eigenvalue weighted by Gasteiger charge is 2.23. The van der Waals surface area contributed by atoms with E-state index in [2.05, 4.69) is 0 Å². The summed E-state index contributed by atoms with van der Waals surface area (Å²) in [6.07, 6.45) is 0.751. The zero-order chi connectivity index (χ0) is 13.8. The molecule has 0 spiro atoms. The maximum Gasteiger partial charge on any atom is 0.292 e. The Bertz CT molecular complexity index is 496. The molecular formula is C12H15N3O4. The fourth-order valence-corrected chi connectivity index (χ4v) is 2.02. The van der Waals surface area contributed by atoms with E-state index in [0.717, 1.165) is 6.42 Å². The Morgan fingerprint density at radius 3 is 2.89 bits per heavy atom. The molecule has 2 N–H and O–H groups in total. The predicted octanol–water partition coefficient (Wildman–Crippen LogP) is 1.04. The smallest absolute Gasteiger partial charge is 0.292 e. The molecule has 1 saturated heterocycles. The molecule has 0 atom stereocenters. The Labute approximate surface area is 110 Å². The van der Waals surface area contributed by atoms with Crippen molar-refractivity contribution in [3.63, 3.8) is 0 Å². The summed E-state index contributed by atoms with van der Waals surface area (Å²) in [4.78, 5) is 24.2. The molecule has 2 rings (SSSR count). The minimum absolute atomic E-state index is 0.0809. The van der Waals surface area contributed by atoms with Gasteiger partial charge in [0.25, 0.3) is 11.6 Å². The first-order valence-electron chi connectivity index (χ1n) is 6.01. The number of anilines is 1. The minimum Gasteiger partial charge on any atom is -0.393 e. The number of carbonyl (C=O) groups excluding carboxylic acids is 1. The van der Waals surface area contributed by atoms with Crippen molar-refractivity contribution in [2.75, 3.05) is 32.0 Å². The lowest BCUT2D eigenvalue weighted by Gasteiger charge is -2.20. The Hall–Kier alpha value is -2.15. The van der Waals surface area contributed by atoms with Gasteiger partial charge in [-0.25, -0.2) is 0 Å². The van der Waals surface area contributed by atoms with Crippen LogP contribution in [-0.4, -0.2) is 42.0 Å². The summed E-state index contributed by atoms with van der Waals surface area (Å²) in [6, 6.07) is 4.27. The van der Waals surface area contributed by atoms with Crippen molar-refractivity contribution in [3.05, 3.63) is 33.9 Å². The van der Waals surface area contributed by atoms with Crippen molar-refractivity contribution in [1.82, 2.24) is 4.90 Å². The van der Waals surface area contributed by atoms with Crippen LogP contribution in [0.25, 0.3) is 0 Å². The molecule has 0 bridgehead atoms. The molecular weight excluding hydrogens is 250 g/mol. The van der Waals surface area contributed by atoms with Crippen LogP contribution in [0.2, 0.25) is 0 Å². The van der Waals surface area contributed by atoms with E-state index < -0.39 is 4.92 Å². The number of amides is 1. The molecule has 1 aliphatic heterocycles. The van der Waals surface area contributed by atoms with Gasteiger partial charge >= 0.3 is 0 Å². The number of nitrogen functional groups attached to an aromatic ring is 1. The maximum atomic E-state index is 12.3. The second-order valence-electron chi connectivity index (χ2n) is 4.25. The molecule has 19 heavy (non-hydrogen) atoms. The first-order valence-corrected chi connectivity index (χ1v) is 6.01. The topological polar surface area (TPSA) is 98.7 Å². The van der Waals surface area contributed by atoms with Crippen molar-refractivity contribution < 1.29 is 14.5 Å². The fraction of sp³-hybridized carbons (Fsp3) is 0.417. The lowest BCUT2D eigenvalue weighted by molar-refractivity contribution is -0.383. The van der Waals surface area contributed by atoms with E-state index >= 15 is 0 Å². The standard InChI is InChI=1S/C12H15N3O4/c13-11-9(3-1-4-10(11)15(17)18)12(16)14-5-2-7-19-8-6-14/h1,3-4H,2,5-8,13H2. The Morgan fingerprint density at radius 2 is 2.16 bits per heavy atom. The molecule has 7 heteroatoms. The van der Waals surface area contributed by atoms with Gasteiger partial charge in [0.15, 0.2) is 0 Å². The first kappa shape index (κ1) is 13.3. The number of nitro groups is 1. The highest BCUT2D eigenvalue weighted by Crippen LogP contribution is 2.26. The Balaban J connectivity index is 2.28. The minimum atomic E-state index is -0.586. The third-order valence-electron chi connectivity index (χ3n) is 3.02. The Kier molecular flexibility index (Phi) is 3.96. The van der Waals surface area contributed by atoms with Gasteiger partial charge in [-0.2, -0.15) is 0 Å². The number of nitrogens with two attached hydrogens (primary N) is 1. The van der Waals surface area contributed by atoms with Gasteiger partial charge in [0.05, 0.1) is 17.1 Å². The number of nitrogens with zero attached hydrogens (tertiary/aromatic N) is 2. The van der Waals surface area contributed by atoms with Gasteiger partial charge in [0.1, 0.15) is 5.69 Å². The number of ether oxygens (including phenoxy) is 1. The van der Waals surface area contributed by atoms with Crippen LogP contribution in [0.4, 0.5) is 11.4 Å². The zero-order valence-electron chi connectivity index (χ0n) is 10.4. The van der Waals surface area contributed by atoms with Crippen LogP contribution in [0.15, 0.2) is 18.2 Å². The van der Waals surface area contributed by atoms with Gasteiger partial charge in [-0.15, -0.1) is 0 Å². The summed E-state index contributed by atoms with van der Waals surface area (Å²) >= 11 is 0. The van der Waals surface area contributed by atoms with Crippen molar-refractivity contribution >= 4 is 17.3 Å². The number of hydrogen-bond acceptors (Lipinski definition) is 5. The fourth-order valence-electron chi connectivity index (χ4n) is 2.02. The lowest BCUT2D eigenvalue weighted by atomic mass is 10.1. The van der Waals surface area contributed by atoms with Crippen LogP contribution in [0.1, 0.15) is 16.8 Å². The molecule has 1 heterocycles. The number of carbonyl (C=O) groups is 1. The van der Waals surface area contributed by atoms with Gasteiger partial charge in [0, 0.05) is 25.8 Å². The summed E-state index contributed by atoms with van der Waals surface area (Å²) in [5.41, 5.74) is 5.57. The van der Waals surface area contributed by atoms with Crippen LogP contribution in [0.5, 0.6) is 0 Å². The van der Waals surface area contributed by atoms with Crippen LogP contribution in [0, 0.1) is 10.1 Å². The summed E-state index contributed by atoms with van der Waals surface area (Å²) in [6.45, 7) is 2.14. The van der Waals surface area contributed by atoms with Crippen LogP contribution < -0.4 is 5.73 Å². The Morgan fingerprint density at radius 1 is 1.37 bits per heavy atom. The number of nitro benzene ring substituents is 1. The van der Waals surface area contributed by atoms with Crippen LogP contribution >= 0.6 is 0 Å². The van der Waals surface area contributed by atoms with Crippen molar-refractivity contribution in [1.29, 1.82) is 0 Å². The molecule has 1 aromatic carbocycles. The van der Waals surface area contributed by atoms with Crippen molar-refractivity contribution in [2.45, 2.75) is 6.42 Å². The molecule has 1 aromatic rings. The third kappa shape index (κ3) is 2.82. The van der Waals surface area contributed by atoms with Gasteiger partial charge in [-0.3, -0.25) is 14.9 Å². The average molecular weight is 265 g/mol. The number of benzene rings is 1. The van der Waals surface area contributed by atoms with Crippen LogP contribution in [-0.2, 0) is 4.74 Å². The molecule has 0 aliphatic carbocycles. The van der Waals surface area contributed by atoms with E-state index in [0.29, 0.717) is 26.3 Å². The summed E-state index contributed by atoms with van der Waals surface area (Å²) in [5, 5.41) is 10.8. The highest BCUT2D eigenvalue weighted by atomic mass is 16.6. The van der Waals surface area contributed by atoms with E-state index in [-0.39, 0.29) is 22.8 Å². The van der Waals surface area contributed by atoms with Crippen LogP contribution in [0.3, 0.4) is 0 Å². The molecule has 0 aromatic heterocycles.